The minimum absolute atomic E-state index is 0.134. The molecule has 1 aliphatic rings. The summed E-state index contributed by atoms with van der Waals surface area (Å²) in [6.45, 7) is 11.2. The summed E-state index contributed by atoms with van der Waals surface area (Å²) in [6.07, 6.45) is 2.08. The molecule has 1 aliphatic heterocycles. The summed E-state index contributed by atoms with van der Waals surface area (Å²) in [5, 5.41) is 15.1. The van der Waals surface area contributed by atoms with Crippen molar-refractivity contribution in [2.45, 2.75) is 20.8 Å². The van der Waals surface area contributed by atoms with E-state index < -0.39 is 0 Å². The standard InChI is InChI=1S/C17H20N4/c1-12(20-15-7-5-13(10-18)6-8-15)21-16-9-14(11-19-16)17(2,3)4/h5-9,20H,1,11H2,2-4H3,(H,19,21). The lowest BCUT2D eigenvalue weighted by Crippen LogP contribution is -2.24. The van der Waals surface area contributed by atoms with E-state index in [1.165, 1.54) is 5.57 Å². The molecule has 0 amide bonds. The second kappa shape index (κ2) is 5.84. The summed E-state index contributed by atoms with van der Waals surface area (Å²) in [5.41, 5.74) is 2.95. The maximum Gasteiger partial charge on any atom is 0.126 e. The number of nitrogens with zero attached hydrogens (tertiary/aromatic N) is 2. The molecular weight excluding hydrogens is 260 g/mol. The average Bonchev–Trinajstić information content (AvgIpc) is 2.88. The van der Waals surface area contributed by atoms with Gasteiger partial charge in [-0.1, -0.05) is 27.4 Å². The van der Waals surface area contributed by atoms with E-state index in [1.807, 2.05) is 12.1 Å². The first-order valence-corrected chi connectivity index (χ1v) is 6.87. The molecule has 1 aromatic rings. The van der Waals surface area contributed by atoms with Gasteiger partial charge in [-0.25, -0.2) is 0 Å². The van der Waals surface area contributed by atoms with Crippen LogP contribution in [0, 0.1) is 16.7 Å². The Kier molecular flexibility index (Phi) is 4.13. The first-order valence-electron chi connectivity index (χ1n) is 6.87. The molecule has 0 atom stereocenters. The quantitative estimate of drug-likeness (QED) is 0.892. The Morgan fingerprint density at radius 3 is 2.43 bits per heavy atom. The lowest BCUT2D eigenvalue weighted by molar-refractivity contribution is 0.499. The predicted molar refractivity (Wildman–Crippen MR) is 86.9 cm³/mol. The Morgan fingerprint density at radius 2 is 1.90 bits per heavy atom. The molecule has 0 spiro atoms. The van der Waals surface area contributed by atoms with Crippen molar-refractivity contribution in [3.8, 4) is 6.07 Å². The second-order valence-electron chi connectivity index (χ2n) is 6.04. The highest BCUT2D eigenvalue weighted by Crippen LogP contribution is 2.27. The van der Waals surface area contributed by atoms with Crippen LogP contribution in [0.2, 0.25) is 0 Å². The van der Waals surface area contributed by atoms with Crippen molar-refractivity contribution in [3.05, 3.63) is 53.9 Å². The maximum absolute atomic E-state index is 8.77. The van der Waals surface area contributed by atoms with Crippen molar-refractivity contribution >= 4 is 11.5 Å². The molecule has 21 heavy (non-hydrogen) atoms. The van der Waals surface area contributed by atoms with E-state index in [9.17, 15) is 0 Å². The molecule has 0 aromatic heterocycles. The number of anilines is 1. The van der Waals surface area contributed by atoms with Gasteiger partial charge in [-0.15, -0.1) is 0 Å². The molecule has 4 heteroatoms. The third-order valence-electron chi connectivity index (χ3n) is 3.28. The van der Waals surface area contributed by atoms with Gasteiger partial charge in [0.25, 0.3) is 0 Å². The Morgan fingerprint density at radius 1 is 1.24 bits per heavy atom. The molecule has 0 saturated carbocycles. The van der Waals surface area contributed by atoms with Crippen molar-refractivity contribution in [2.24, 2.45) is 10.4 Å². The zero-order valence-corrected chi connectivity index (χ0v) is 12.7. The Bertz CT molecular complexity index is 637. The van der Waals surface area contributed by atoms with Crippen molar-refractivity contribution in [1.29, 1.82) is 5.26 Å². The third kappa shape index (κ3) is 3.96. The minimum Gasteiger partial charge on any atom is -0.342 e. The van der Waals surface area contributed by atoms with Crippen LogP contribution in [0.5, 0.6) is 0 Å². The lowest BCUT2D eigenvalue weighted by Gasteiger charge is -2.18. The smallest absolute Gasteiger partial charge is 0.126 e. The van der Waals surface area contributed by atoms with E-state index >= 15 is 0 Å². The summed E-state index contributed by atoms with van der Waals surface area (Å²) in [4.78, 5) is 4.46. The molecule has 4 nitrogen and oxygen atoms in total. The van der Waals surface area contributed by atoms with Gasteiger partial charge < -0.3 is 10.6 Å². The molecule has 2 N–H and O–H groups in total. The van der Waals surface area contributed by atoms with E-state index in [-0.39, 0.29) is 5.41 Å². The Hall–Kier alpha value is -2.54. The van der Waals surface area contributed by atoms with Crippen LogP contribution < -0.4 is 10.6 Å². The largest absolute Gasteiger partial charge is 0.342 e. The van der Waals surface area contributed by atoms with Gasteiger partial charge >= 0.3 is 0 Å². The molecule has 0 radical (unpaired) electrons. The predicted octanol–water partition coefficient (Wildman–Crippen LogP) is 3.42. The summed E-state index contributed by atoms with van der Waals surface area (Å²) in [7, 11) is 0. The number of aliphatic imine (C=N–C) groups is 1. The van der Waals surface area contributed by atoms with Gasteiger partial charge in [0.05, 0.1) is 18.2 Å². The molecular formula is C17H20N4. The Balaban J connectivity index is 1.94. The molecule has 1 heterocycles. The molecule has 2 rings (SSSR count). The molecule has 0 unspecified atom stereocenters. The monoisotopic (exact) mass is 280 g/mol. The summed E-state index contributed by atoms with van der Waals surface area (Å²) in [5.74, 6) is 1.48. The lowest BCUT2D eigenvalue weighted by atomic mass is 9.87. The number of hydrogen-bond donors (Lipinski definition) is 2. The topological polar surface area (TPSA) is 60.2 Å². The highest BCUT2D eigenvalue weighted by molar-refractivity contribution is 5.97. The number of hydrogen-bond acceptors (Lipinski definition) is 4. The normalized spacial score (nSPS) is 14.0. The molecule has 0 bridgehead atoms. The van der Waals surface area contributed by atoms with Crippen LogP contribution >= 0.6 is 0 Å². The van der Waals surface area contributed by atoms with Crippen molar-refractivity contribution < 1.29 is 0 Å². The van der Waals surface area contributed by atoms with Crippen LogP contribution in [0.25, 0.3) is 0 Å². The SMILES string of the molecule is C=C(NC1=NCC(C(C)(C)C)=C1)Nc1ccc(C#N)cc1. The van der Waals surface area contributed by atoms with Crippen molar-refractivity contribution in [1.82, 2.24) is 5.32 Å². The van der Waals surface area contributed by atoms with E-state index in [1.54, 1.807) is 12.1 Å². The van der Waals surface area contributed by atoms with Gasteiger partial charge in [0.15, 0.2) is 0 Å². The van der Waals surface area contributed by atoms with E-state index in [0.29, 0.717) is 11.4 Å². The maximum atomic E-state index is 8.77. The molecule has 108 valence electrons. The van der Waals surface area contributed by atoms with Gasteiger partial charge in [0.2, 0.25) is 0 Å². The summed E-state index contributed by atoms with van der Waals surface area (Å²) in [6, 6.07) is 9.31. The van der Waals surface area contributed by atoms with Gasteiger partial charge in [-0.3, -0.25) is 4.99 Å². The molecule has 0 aliphatic carbocycles. The number of nitrogens with one attached hydrogen (secondary N) is 2. The van der Waals surface area contributed by atoms with E-state index in [0.717, 1.165) is 18.1 Å². The third-order valence-corrected chi connectivity index (χ3v) is 3.28. The van der Waals surface area contributed by atoms with Gasteiger partial charge in [-0.2, -0.15) is 5.26 Å². The highest BCUT2D eigenvalue weighted by Gasteiger charge is 2.20. The van der Waals surface area contributed by atoms with Crippen LogP contribution in [0.15, 0.2) is 53.3 Å². The number of amidine groups is 1. The Labute approximate surface area is 125 Å². The van der Waals surface area contributed by atoms with E-state index in [4.69, 9.17) is 5.26 Å². The van der Waals surface area contributed by atoms with Crippen molar-refractivity contribution in [2.75, 3.05) is 11.9 Å². The van der Waals surface area contributed by atoms with Crippen molar-refractivity contribution in [3.63, 3.8) is 0 Å². The zero-order chi connectivity index (χ0) is 15.5. The fourth-order valence-electron chi connectivity index (χ4n) is 1.94. The summed E-state index contributed by atoms with van der Waals surface area (Å²) >= 11 is 0. The first kappa shape index (κ1) is 14.9. The fraction of sp³-hybridized carbons (Fsp3) is 0.294. The van der Waals surface area contributed by atoms with Crippen LogP contribution in [0.4, 0.5) is 5.69 Å². The minimum atomic E-state index is 0.134. The van der Waals surface area contributed by atoms with Crippen LogP contribution in [0.1, 0.15) is 26.3 Å². The van der Waals surface area contributed by atoms with Crippen LogP contribution in [-0.2, 0) is 0 Å². The van der Waals surface area contributed by atoms with Gasteiger partial charge in [0.1, 0.15) is 11.7 Å². The molecule has 0 fully saturated rings. The van der Waals surface area contributed by atoms with Gasteiger partial charge in [-0.05, 0) is 41.3 Å². The number of nitriles is 1. The highest BCUT2D eigenvalue weighted by atomic mass is 15.1. The molecule has 1 aromatic carbocycles. The second-order valence-corrected chi connectivity index (χ2v) is 6.04. The van der Waals surface area contributed by atoms with Crippen LogP contribution in [-0.4, -0.2) is 12.4 Å². The number of rotatable bonds is 3. The fourth-order valence-corrected chi connectivity index (χ4v) is 1.94. The number of benzene rings is 1. The van der Waals surface area contributed by atoms with E-state index in [2.05, 4.69) is 55.1 Å². The van der Waals surface area contributed by atoms with Crippen LogP contribution in [0.3, 0.4) is 0 Å². The zero-order valence-electron chi connectivity index (χ0n) is 12.7. The average molecular weight is 280 g/mol. The summed E-state index contributed by atoms with van der Waals surface area (Å²) < 4.78 is 0. The van der Waals surface area contributed by atoms with Gasteiger partial charge in [0, 0.05) is 5.69 Å². The molecule has 0 saturated heterocycles. The first-order chi connectivity index (χ1) is 9.88.